The molecule has 3 N–H and O–H groups in total. The fraction of sp³-hybridized carbons (Fsp3) is 0.509. The summed E-state index contributed by atoms with van der Waals surface area (Å²) in [5.41, 5.74) is 9.12. The fourth-order valence-corrected chi connectivity index (χ4v) is 27.5. The first-order chi connectivity index (χ1) is 67.7. The normalized spacial score (nSPS) is 17.3. The largest absolute Gasteiger partial charge is 1.00 e. The van der Waals surface area contributed by atoms with Crippen LogP contribution in [0.25, 0.3) is 4.65 Å². The summed E-state index contributed by atoms with van der Waals surface area (Å²) in [6, 6.07) is 78.7. The maximum absolute atomic E-state index is 14.2. The molecule has 0 bridgehead atoms. The van der Waals surface area contributed by atoms with Gasteiger partial charge in [0.25, 0.3) is 0 Å². The van der Waals surface area contributed by atoms with Gasteiger partial charge in [-0.05, 0) is 289 Å². The van der Waals surface area contributed by atoms with Crippen molar-refractivity contribution >= 4 is 86.5 Å². The van der Waals surface area contributed by atoms with Crippen molar-refractivity contribution in [2.45, 2.75) is 214 Å². The number of aliphatic carboxylic acids is 1. The number of alkyl halides is 1. The van der Waals surface area contributed by atoms with Gasteiger partial charge in [-0.15, -0.1) is 0 Å². The van der Waals surface area contributed by atoms with Crippen LogP contribution in [0.1, 0.15) is 168 Å². The number of rotatable bonds is 22. The maximum atomic E-state index is 14.2. The van der Waals surface area contributed by atoms with Gasteiger partial charge in [0.15, 0.2) is 0 Å². The molecule has 2 radical (unpaired) electrons. The van der Waals surface area contributed by atoms with Crippen LogP contribution in [0.15, 0.2) is 243 Å². The number of para-hydroxylation sites is 2. The number of benzene rings is 9. The average molecular weight is 2070 g/mol. The first-order valence-corrected chi connectivity index (χ1v) is 59.1. The summed E-state index contributed by atoms with van der Waals surface area (Å²) >= 11 is 3.17. The number of piperidine rings is 5. The van der Waals surface area contributed by atoms with E-state index in [9.17, 15) is 32.7 Å². The second-order valence-electron chi connectivity index (χ2n) is 39.7. The fourth-order valence-electron chi connectivity index (χ4n) is 19.0. The summed E-state index contributed by atoms with van der Waals surface area (Å²) in [4.78, 5) is 45.9. The van der Waals surface area contributed by atoms with E-state index < -0.39 is 33.3 Å². The Morgan fingerprint density at radius 1 is 0.427 bits per heavy atom. The van der Waals surface area contributed by atoms with Crippen LogP contribution in [0.3, 0.4) is 0 Å². The minimum Gasteiger partial charge on any atom is -0.668 e. The quantitative estimate of drug-likeness (QED) is 0.0329. The summed E-state index contributed by atoms with van der Waals surface area (Å²) < 4.78 is 82.6. The molecule has 0 unspecified atom stereocenters. The van der Waals surface area contributed by atoms with Crippen LogP contribution in [0.5, 0.6) is 11.5 Å². The van der Waals surface area contributed by atoms with Crippen molar-refractivity contribution in [3.05, 3.63) is 315 Å². The number of fused-ring (bicyclic) bond motifs is 2. The Morgan fingerprint density at radius 2 is 0.741 bits per heavy atom. The predicted molar refractivity (Wildman–Crippen MR) is 585 cm³/mol. The number of carboxylic acid groups (broad SMARTS) is 1. The van der Waals surface area contributed by atoms with Crippen molar-refractivity contribution in [2.75, 3.05) is 139 Å². The van der Waals surface area contributed by atoms with E-state index in [-0.39, 0.29) is 96.8 Å². The second kappa shape index (κ2) is 69.3. The second-order valence-corrected chi connectivity index (χ2v) is 49.8. The number of nitrogens with zero attached hydrogens (tertiary/aromatic N) is 5. The molecule has 7 fully saturated rings. The van der Waals surface area contributed by atoms with E-state index in [1.165, 1.54) is 129 Å². The smallest absolute Gasteiger partial charge is 0.668 e. The predicted octanol–water partition coefficient (Wildman–Crippen LogP) is 20.0. The number of aliphatic hydroxyl groups excluding tert-OH is 1. The van der Waals surface area contributed by atoms with Gasteiger partial charge in [0.1, 0.15) is 46.3 Å². The molecule has 18 nitrogen and oxygen atoms in total. The number of hydrogen-bond acceptors (Lipinski definition) is 16. The number of esters is 2. The molecular weight excluding hydrogens is 1900 g/mol. The summed E-state index contributed by atoms with van der Waals surface area (Å²) in [5, 5.41) is 20.8. The SMILES string of the molecule is C1CCOC1.C1CCOC1.CCOC(=O)C1(Cc2ccccc2F)CCN(Cc2ccccc2)CC1.CCOC(=O)C1CCN(Cc2ccccc2)CC1.CCOCC.CO.C[Si](C)(C)[N-][Si](C)(C)C.Fc1ccccc1CBr.O=C(O)C1(Cc2ccccc2F)CCN(Cc2ccccc2)CC1.[AlH2].[Li+].[Li].c1ccc(CN2CCC3(CC2)COc2ccccc2C3)cc1.c1ccc2c(c1)CC1(CCNCC1)CO2. The first kappa shape index (κ1) is 126. The van der Waals surface area contributed by atoms with Gasteiger partial charge in [-0.2, -0.15) is 0 Å². The molecule has 7 saturated heterocycles. The monoisotopic (exact) mass is 2070 g/mol. The Hall–Kier alpha value is -6.98. The van der Waals surface area contributed by atoms with Gasteiger partial charge in [0.05, 0.1) is 43.2 Å². The summed E-state index contributed by atoms with van der Waals surface area (Å²) in [6.45, 7) is 43.2. The number of carbonyl (C=O) groups excluding carboxylic acids is 2. The third kappa shape index (κ3) is 46.8. The zero-order chi connectivity index (χ0) is 101. The Kier molecular flexibility index (Phi) is 61.3. The van der Waals surface area contributed by atoms with Crippen molar-refractivity contribution in [3.8, 4) is 11.5 Å². The topological polar surface area (TPSA) is 195 Å². The van der Waals surface area contributed by atoms with Crippen LogP contribution >= 0.6 is 15.9 Å². The van der Waals surface area contributed by atoms with E-state index in [1.807, 2.05) is 82.3 Å². The molecule has 772 valence electrons. The van der Waals surface area contributed by atoms with Crippen molar-refractivity contribution in [1.82, 2.24) is 24.9 Å². The number of nitrogens with one attached hydrogen (secondary N) is 1. The number of hydrogen-bond donors (Lipinski definition) is 3. The molecule has 143 heavy (non-hydrogen) atoms. The summed E-state index contributed by atoms with van der Waals surface area (Å²) in [7, 11) is -1.21. The molecule has 2 spiro atoms. The van der Waals surface area contributed by atoms with E-state index in [0.29, 0.717) is 78.2 Å². The van der Waals surface area contributed by atoms with Crippen LogP contribution in [0.4, 0.5) is 13.2 Å². The van der Waals surface area contributed by atoms with Crippen molar-refractivity contribution in [3.63, 3.8) is 0 Å². The van der Waals surface area contributed by atoms with E-state index in [2.05, 4.69) is 208 Å². The molecule has 18 rings (SSSR count). The van der Waals surface area contributed by atoms with Crippen molar-refractivity contribution < 1.29 is 89.8 Å². The maximum Gasteiger partial charge on any atom is 1.00 e. The van der Waals surface area contributed by atoms with Gasteiger partial charge in [0, 0.05) is 108 Å². The van der Waals surface area contributed by atoms with Crippen LogP contribution < -0.4 is 33.7 Å². The van der Waals surface area contributed by atoms with Crippen molar-refractivity contribution in [1.29, 1.82) is 0 Å². The Morgan fingerprint density at radius 3 is 1.05 bits per heavy atom. The van der Waals surface area contributed by atoms with E-state index in [1.54, 1.807) is 42.5 Å². The third-order valence-corrected chi connectivity index (χ3v) is 32.5. The average Bonchev–Trinajstić information content (AvgIpc) is 1.72. The Balaban J connectivity index is 0.000000290. The van der Waals surface area contributed by atoms with Crippen LogP contribution in [0.2, 0.25) is 39.3 Å². The van der Waals surface area contributed by atoms with Gasteiger partial charge in [-0.1, -0.05) is 284 Å². The summed E-state index contributed by atoms with van der Waals surface area (Å²) in [5.74, 6) is 0.574. The van der Waals surface area contributed by atoms with Gasteiger partial charge in [-0.3, -0.25) is 34.0 Å². The minimum atomic E-state index is -1.11. The molecule has 0 aliphatic carbocycles. The van der Waals surface area contributed by atoms with Gasteiger partial charge in [-0.25, -0.2) is 13.2 Å². The Labute approximate surface area is 900 Å². The number of ether oxygens (including phenoxy) is 7. The van der Waals surface area contributed by atoms with E-state index >= 15 is 0 Å². The van der Waals surface area contributed by atoms with E-state index in [0.717, 1.165) is 163 Å². The number of carbonyl (C=O) groups is 3. The molecule has 9 heterocycles. The number of aliphatic hydroxyl groups is 1. The van der Waals surface area contributed by atoms with Crippen LogP contribution in [-0.2, 0) is 95.3 Å². The number of carboxylic acids is 1. The molecule has 0 amide bonds. The molecule has 0 saturated carbocycles. The summed E-state index contributed by atoms with van der Waals surface area (Å²) in [6.07, 6.45) is 17.5. The standard InChI is InChI=1S/C22H26FNO2.C20H22FNO2.C20H23NO.C15H21NO2.C13H17NO.C7H6BrF.C6H18NSi2.2C4H8O.C4H10O.CH4O.Al.2Li.2H/c1-2-26-21(25)22(16-19-10-6-7-11-20(19)23)12-14-24(15-13-22)17-18-8-4-3-5-9-18;21-18-9-5-4-8-17(18)14-20(19(23)24)10-12-22(13-11-20)15-16-6-2-1-3-7-16;1-2-6-17(7-3-1)15-21-12-10-20(11-13-21)14-18-8-4-5-9-19(18)22-16-20;1-2-18-15(17)14-8-10-16(11-9-14)12-13-6-4-3-5-7-13;1-2-4-12-11(3-1)9-13(10-15-12)5-7-14-8-6-13;8-5-6-3-1-2-4-7(6)9;1-8(2,3)7-9(4,5)6;2*1-2-4-5-3-1;1-3-5-4-2;1-2;;;;;/h3-11H,2,12-17H2,1H3;1-9H,10-15H2,(H,23,24);1-9H,10-16H2;3-7,14H,2,8-12H2,1H3;1-4,14H,5-10H2;1-4H,5H2;1-6H3;2*1-4H2;3-4H2,1-2H3;2H,1H3;;;;;/q;;;;;;-1;;;;;;;+1;;. The number of likely N-dealkylation sites (tertiary alicyclic amines) is 4. The molecule has 9 aliphatic heterocycles. The zero-order valence-electron chi connectivity index (χ0n) is 88.8. The van der Waals surface area contributed by atoms with Gasteiger partial charge < -0.3 is 53.3 Å². The third-order valence-electron chi connectivity index (χ3n) is 26.5. The van der Waals surface area contributed by atoms with E-state index in [4.69, 9.17) is 42.9 Å². The molecule has 9 aromatic rings. The first-order valence-electron chi connectivity index (χ1n) is 51.1. The van der Waals surface area contributed by atoms with Crippen molar-refractivity contribution in [2.24, 2.45) is 27.6 Å². The number of halogens is 4. The van der Waals surface area contributed by atoms with Gasteiger partial charge in [0.2, 0.25) is 0 Å². The zero-order valence-corrected chi connectivity index (χ0v) is 94.4. The minimum absolute atomic E-state index is 0. The van der Waals surface area contributed by atoms with Gasteiger partial charge >= 0.3 is 36.8 Å². The van der Waals surface area contributed by atoms with Crippen LogP contribution in [0, 0.1) is 45.0 Å². The van der Waals surface area contributed by atoms with Crippen LogP contribution in [-0.4, -0.2) is 239 Å². The molecule has 0 atom stereocenters. The molecular formula is C116H165AlBrF3Li2N6O12Si2. The molecule has 0 aromatic heterocycles. The molecule has 9 aliphatic rings. The Bertz CT molecular complexity index is 4870. The molecule has 9 aromatic carbocycles. The molecule has 27 heteroatoms.